The topological polar surface area (TPSA) is 75.4 Å². The van der Waals surface area contributed by atoms with Crippen molar-refractivity contribution in [2.75, 3.05) is 13.1 Å². The maximum atomic E-state index is 12.3. The minimum absolute atomic E-state index is 0.00674. The fraction of sp³-hybridized carbons (Fsp3) is 0.389. The molecule has 6 nitrogen and oxygen atoms in total. The van der Waals surface area contributed by atoms with E-state index < -0.39 is 11.9 Å². The second-order valence-corrected chi connectivity index (χ2v) is 6.35. The van der Waals surface area contributed by atoms with Gasteiger partial charge in [0.25, 0.3) is 0 Å². The number of carboxylic acid groups (broad SMARTS) is 1. The number of aromatic nitrogens is 2. The Bertz CT molecular complexity index is 726. The van der Waals surface area contributed by atoms with E-state index in [0.717, 1.165) is 11.3 Å². The largest absolute Gasteiger partial charge is 0.481 e. The lowest BCUT2D eigenvalue weighted by Crippen LogP contribution is -2.30. The van der Waals surface area contributed by atoms with Gasteiger partial charge in [-0.3, -0.25) is 9.59 Å². The number of carbonyl (C=O) groups is 2. The van der Waals surface area contributed by atoms with Gasteiger partial charge in [0.15, 0.2) is 0 Å². The van der Waals surface area contributed by atoms with E-state index >= 15 is 0 Å². The quantitative estimate of drug-likeness (QED) is 0.911. The molecule has 1 amide bonds. The minimum atomic E-state index is -0.818. The van der Waals surface area contributed by atoms with Crippen LogP contribution in [0.5, 0.6) is 0 Å². The van der Waals surface area contributed by atoms with E-state index in [-0.39, 0.29) is 11.8 Å². The number of carboxylic acids is 1. The molecule has 0 saturated carbocycles. The van der Waals surface area contributed by atoms with Crippen LogP contribution in [0.4, 0.5) is 0 Å². The maximum absolute atomic E-state index is 12.3. The molecular weight excluding hydrogens is 306 g/mol. The summed E-state index contributed by atoms with van der Waals surface area (Å²) in [6.45, 7) is 2.73. The third kappa shape index (κ3) is 3.48. The van der Waals surface area contributed by atoms with Crippen molar-refractivity contribution in [1.82, 2.24) is 14.7 Å². The first-order chi connectivity index (χ1) is 11.5. The molecule has 2 heterocycles. The van der Waals surface area contributed by atoms with Crippen molar-refractivity contribution in [3.05, 3.63) is 48.3 Å². The Hall–Kier alpha value is -2.63. The van der Waals surface area contributed by atoms with Crippen LogP contribution in [0.3, 0.4) is 0 Å². The second-order valence-electron chi connectivity index (χ2n) is 6.35. The number of likely N-dealkylation sites (tertiary alicyclic amines) is 1. The Balaban J connectivity index is 1.56. The number of para-hydroxylation sites is 1. The number of benzene rings is 1. The van der Waals surface area contributed by atoms with Crippen molar-refractivity contribution in [1.29, 1.82) is 0 Å². The van der Waals surface area contributed by atoms with Crippen molar-refractivity contribution in [3.63, 3.8) is 0 Å². The van der Waals surface area contributed by atoms with Gasteiger partial charge in [-0.1, -0.05) is 25.1 Å². The van der Waals surface area contributed by atoms with Crippen LogP contribution in [0.2, 0.25) is 0 Å². The summed E-state index contributed by atoms with van der Waals surface area (Å²) >= 11 is 0. The van der Waals surface area contributed by atoms with Crippen molar-refractivity contribution >= 4 is 11.9 Å². The number of carbonyl (C=O) groups excluding carboxylic acids is 1. The molecule has 6 heteroatoms. The van der Waals surface area contributed by atoms with Gasteiger partial charge < -0.3 is 10.0 Å². The van der Waals surface area contributed by atoms with Gasteiger partial charge in [-0.05, 0) is 30.0 Å². The first kappa shape index (κ1) is 16.2. The van der Waals surface area contributed by atoms with Crippen molar-refractivity contribution in [2.45, 2.75) is 19.8 Å². The fourth-order valence-electron chi connectivity index (χ4n) is 3.11. The van der Waals surface area contributed by atoms with Crippen molar-refractivity contribution in [3.8, 4) is 5.69 Å². The SMILES string of the molecule is C[C@@H]1CN(C(=O)CCc2cnn(-c3ccccc3)c2)C[C@H]1C(=O)O. The molecule has 0 spiro atoms. The molecule has 1 N–H and O–H groups in total. The molecule has 1 aromatic carbocycles. The summed E-state index contributed by atoms with van der Waals surface area (Å²) in [4.78, 5) is 25.1. The molecule has 1 aliphatic heterocycles. The highest BCUT2D eigenvalue weighted by Gasteiger charge is 2.36. The van der Waals surface area contributed by atoms with Crippen molar-refractivity contribution < 1.29 is 14.7 Å². The summed E-state index contributed by atoms with van der Waals surface area (Å²) in [5.41, 5.74) is 1.97. The molecular formula is C18H21N3O3. The average molecular weight is 327 g/mol. The number of hydrogen-bond acceptors (Lipinski definition) is 3. The van der Waals surface area contributed by atoms with Crippen molar-refractivity contribution in [2.24, 2.45) is 11.8 Å². The molecule has 1 fully saturated rings. The van der Waals surface area contributed by atoms with Crippen LogP contribution >= 0.6 is 0 Å². The van der Waals surface area contributed by atoms with Gasteiger partial charge in [0.1, 0.15) is 0 Å². The van der Waals surface area contributed by atoms with E-state index in [0.29, 0.717) is 25.9 Å². The standard InChI is InChI=1S/C18H21N3O3/c1-13-10-20(12-16(13)18(23)24)17(22)8-7-14-9-19-21(11-14)15-5-3-2-4-6-15/h2-6,9,11,13,16H,7-8,10,12H2,1H3,(H,23,24)/t13-,16-/m1/s1. The van der Waals surface area contributed by atoms with Crippen LogP contribution in [0, 0.1) is 11.8 Å². The van der Waals surface area contributed by atoms with Gasteiger partial charge in [0, 0.05) is 25.7 Å². The highest BCUT2D eigenvalue weighted by molar-refractivity contribution is 5.79. The van der Waals surface area contributed by atoms with E-state index in [9.17, 15) is 9.59 Å². The molecule has 1 aliphatic rings. The first-order valence-corrected chi connectivity index (χ1v) is 8.14. The Kier molecular flexibility index (Phi) is 4.64. The maximum Gasteiger partial charge on any atom is 0.308 e. The van der Waals surface area contributed by atoms with E-state index in [1.54, 1.807) is 15.8 Å². The zero-order valence-corrected chi connectivity index (χ0v) is 13.6. The van der Waals surface area contributed by atoms with Gasteiger partial charge in [-0.2, -0.15) is 5.10 Å². The molecule has 0 aliphatic carbocycles. The smallest absolute Gasteiger partial charge is 0.308 e. The first-order valence-electron chi connectivity index (χ1n) is 8.14. The van der Waals surface area contributed by atoms with Crippen LogP contribution in [-0.2, 0) is 16.0 Å². The third-order valence-electron chi connectivity index (χ3n) is 4.57. The van der Waals surface area contributed by atoms with Crippen LogP contribution in [-0.4, -0.2) is 44.8 Å². The Morgan fingerprint density at radius 2 is 2.00 bits per heavy atom. The molecule has 2 atom stereocenters. The predicted molar refractivity (Wildman–Crippen MR) is 88.8 cm³/mol. The monoisotopic (exact) mass is 327 g/mol. The summed E-state index contributed by atoms with van der Waals surface area (Å²) in [6, 6.07) is 9.80. The van der Waals surface area contributed by atoms with Gasteiger partial charge in [0.05, 0.1) is 17.8 Å². The van der Waals surface area contributed by atoms with Gasteiger partial charge in [-0.15, -0.1) is 0 Å². The number of rotatable bonds is 5. The van der Waals surface area contributed by atoms with Gasteiger partial charge in [-0.25, -0.2) is 4.68 Å². The molecule has 24 heavy (non-hydrogen) atoms. The normalized spacial score (nSPS) is 20.3. The highest BCUT2D eigenvalue weighted by Crippen LogP contribution is 2.24. The molecule has 0 unspecified atom stereocenters. The number of aliphatic carboxylic acids is 1. The van der Waals surface area contributed by atoms with E-state index in [1.165, 1.54) is 0 Å². The molecule has 126 valence electrons. The summed E-state index contributed by atoms with van der Waals surface area (Å²) < 4.78 is 1.79. The average Bonchev–Trinajstić information content (AvgIpc) is 3.20. The highest BCUT2D eigenvalue weighted by atomic mass is 16.4. The molecule has 2 aromatic rings. The molecule has 1 saturated heterocycles. The Labute approximate surface area is 140 Å². The van der Waals surface area contributed by atoms with Gasteiger partial charge >= 0.3 is 5.97 Å². The third-order valence-corrected chi connectivity index (χ3v) is 4.57. The Morgan fingerprint density at radius 1 is 1.25 bits per heavy atom. The predicted octanol–water partition coefficient (Wildman–Crippen LogP) is 1.98. The van der Waals surface area contributed by atoms with Crippen LogP contribution in [0.15, 0.2) is 42.7 Å². The number of aryl methyl sites for hydroxylation is 1. The summed E-state index contributed by atoms with van der Waals surface area (Å²) in [7, 11) is 0. The number of nitrogens with zero attached hydrogens (tertiary/aromatic N) is 3. The summed E-state index contributed by atoms with van der Waals surface area (Å²) in [5, 5.41) is 13.5. The molecule has 3 rings (SSSR count). The molecule has 0 radical (unpaired) electrons. The van der Waals surface area contributed by atoms with Crippen LogP contribution in [0.1, 0.15) is 18.9 Å². The zero-order valence-electron chi connectivity index (χ0n) is 13.6. The minimum Gasteiger partial charge on any atom is -0.481 e. The van der Waals surface area contributed by atoms with E-state index in [1.807, 2.05) is 43.5 Å². The fourth-order valence-corrected chi connectivity index (χ4v) is 3.11. The van der Waals surface area contributed by atoms with E-state index in [2.05, 4.69) is 5.10 Å². The number of hydrogen-bond donors (Lipinski definition) is 1. The Morgan fingerprint density at radius 3 is 2.67 bits per heavy atom. The van der Waals surface area contributed by atoms with Crippen LogP contribution in [0.25, 0.3) is 5.69 Å². The zero-order chi connectivity index (χ0) is 17.1. The van der Waals surface area contributed by atoms with Gasteiger partial charge in [0.2, 0.25) is 5.91 Å². The second kappa shape index (κ2) is 6.86. The summed E-state index contributed by atoms with van der Waals surface area (Å²) in [6.07, 6.45) is 4.68. The lowest BCUT2D eigenvalue weighted by Gasteiger charge is -2.15. The lowest BCUT2D eigenvalue weighted by molar-refractivity contribution is -0.142. The van der Waals surface area contributed by atoms with Crippen LogP contribution < -0.4 is 0 Å². The van der Waals surface area contributed by atoms with E-state index in [4.69, 9.17) is 5.11 Å². The lowest BCUT2D eigenvalue weighted by atomic mass is 9.99. The number of amides is 1. The summed E-state index contributed by atoms with van der Waals surface area (Å²) in [5.74, 6) is -1.25. The molecule has 1 aromatic heterocycles. The molecule has 0 bridgehead atoms.